The minimum absolute atomic E-state index is 0.0548. The Labute approximate surface area is 173 Å². The monoisotopic (exact) mass is 449 g/mol. The van der Waals surface area contributed by atoms with E-state index in [2.05, 4.69) is 25.8 Å². The summed E-state index contributed by atoms with van der Waals surface area (Å²) in [5.74, 6) is -0.272. The van der Waals surface area contributed by atoms with Crippen molar-refractivity contribution in [2.45, 2.75) is 39.0 Å². The van der Waals surface area contributed by atoms with E-state index in [9.17, 15) is 9.18 Å². The second-order valence-electron chi connectivity index (χ2n) is 7.98. The van der Waals surface area contributed by atoms with E-state index in [0.717, 1.165) is 15.6 Å². The predicted octanol–water partition coefficient (Wildman–Crippen LogP) is 4.78. The lowest BCUT2D eigenvalue weighted by Crippen LogP contribution is -2.51. The van der Waals surface area contributed by atoms with Gasteiger partial charge in [0.1, 0.15) is 11.4 Å². The molecule has 7 heteroatoms. The van der Waals surface area contributed by atoms with Gasteiger partial charge in [0.15, 0.2) is 0 Å². The summed E-state index contributed by atoms with van der Waals surface area (Å²) in [6.07, 6.45) is 3.28. The smallest absolute Gasteiger partial charge is 0.410 e. The van der Waals surface area contributed by atoms with E-state index in [1.807, 2.05) is 33.0 Å². The minimum atomic E-state index is -0.540. The molecule has 1 atom stereocenters. The van der Waals surface area contributed by atoms with Crippen LogP contribution in [0.5, 0.6) is 0 Å². The summed E-state index contributed by atoms with van der Waals surface area (Å²) in [7, 11) is 0. The van der Waals surface area contributed by atoms with E-state index < -0.39 is 5.60 Å². The van der Waals surface area contributed by atoms with Gasteiger partial charge in [-0.2, -0.15) is 0 Å². The molecule has 0 N–H and O–H groups in total. The maximum absolute atomic E-state index is 13.4. The van der Waals surface area contributed by atoms with E-state index >= 15 is 0 Å². The summed E-state index contributed by atoms with van der Waals surface area (Å²) in [6.45, 7) is 8.02. The Morgan fingerprint density at radius 1 is 1.25 bits per heavy atom. The second-order valence-corrected chi connectivity index (χ2v) is 8.89. The topological polar surface area (TPSA) is 45.7 Å². The van der Waals surface area contributed by atoms with E-state index in [4.69, 9.17) is 4.74 Å². The molecule has 1 aromatic heterocycles. The number of piperazine rings is 1. The van der Waals surface area contributed by atoms with Crippen molar-refractivity contribution < 1.29 is 13.9 Å². The molecular weight excluding hydrogens is 425 g/mol. The number of nitrogens with zero attached hydrogens (tertiary/aromatic N) is 3. The first-order chi connectivity index (χ1) is 13.2. The SMILES string of the molecule is CC(C)(C)OC(=O)N1CCN(Cc2cncc(Br)c2)[C@@H](c2ccc(F)cc2)C1. The highest BCUT2D eigenvalue weighted by atomic mass is 79.9. The fraction of sp³-hybridized carbons (Fsp3) is 0.429. The van der Waals surface area contributed by atoms with Crippen LogP contribution in [-0.2, 0) is 11.3 Å². The number of pyridine rings is 1. The van der Waals surface area contributed by atoms with Gasteiger partial charge in [-0.25, -0.2) is 9.18 Å². The Kier molecular flexibility index (Phi) is 6.35. The molecule has 0 saturated carbocycles. The normalized spacial score (nSPS) is 18.2. The number of carbonyl (C=O) groups excluding carboxylic acids is 1. The van der Waals surface area contributed by atoms with Crippen LogP contribution in [0.4, 0.5) is 9.18 Å². The van der Waals surface area contributed by atoms with Crippen LogP contribution >= 0.6 is 15.9 Å². The summed E-state index contributed by atoms with van der Waals surface area (Å²) in [5.41, 5.74) is 1.51. The van der Waals surface area contributed by atoms with Crippen molar-refractivity contribution in [3.05, 3.63) is 64.1 Å². The molecule has 1 amide bonds. The van der Waals surface area contributed by atoms with Gasteiger partial charge in [-0.05, 0) is 66.0 Å². The number of carbonyl (C=O) groups is 1. The number of rotatable bonds is 3. The van der Waals surface area contributed by atoms with Crippen LogP contribution in [0.25, 0.3) is 0 Å². The number of aromatic nitrogens is 1. The Hall–Kier alpha value is -1.99. The molecule has 28 heavy (non-hydrogen) atoms. The Morgan fingerprint density at radius 2 is 1.96 bits per heavy atom. The number of amides is 1. The van der Waals surface area contributed by atoms with Gasteiger partial charge in [-0.1, -0.05) is 12.1 Å². The van der Waals surface area contributed by atoms with Crippen molar-refractivity contribution in [3.63, 3.8) is 0 Å². The number of hydrogen-bond donors (Lipinski definition) is 0. The van der Waals surface area contributed by atoms with Crippen molar-refractivity contribution in [3.8, 4) is 0 Å². The zero-order valence-electron chi connectivity index (χ0n) is 16.4. The van der Waals surface area contributed by atoms with Crippen LogP contribution in [0.1, 0.15) is 37.9 Å². The zero-order valence-corrected chi connectivity index (χ0v) is 17.9. The molecule has 5 nitrogen and oxygen atoms in total. The van der Waals surface area contributed by atoms with Gasteiger partial charge in [0.25, 0.3) is 0 Å². The molecule has 1 fully saturated rings. The molecule has 2 aromatic rings. The third kappa shape index (κ3) is 5.52. The number of hydrogen-bond acceptors (Lipinski definition) is 4. The van der Waals surface area contributed by atoms with Gasteiger partial charge in [0.05, 0.1) is 6.04 Å². The number of halogens is 2. The molecule has 150 valence electrons. The van der Waals surface area contributed by atoms with Gasteiger partial charge in [0.2, 0.25) is 0 Å². The molecule has 2 heterocycles. The lowest BCUT2D eigenvalue weighted by atomic mass is 10.0. The molecule has 0 unspecified atom stereocenters. The van der Waals surface area contributed by atoms with Crippen LogP contribution in [0, 0.1) is 5.82 Å². The maximum atomic E-state index is 13.4. The summed E-state index contributed by atoms with van der Waals surface area (Å²) in [4.78, 5) is 20.8. The average molecular weight is 450 g/mol. The molecule has 3 rings (SSSR count). The van der Waals surface area contributed by atoms with Crippen LogP contribution in [0.15, 0.2) is 47.2 Å². The van der Waals surface area contributed by atoms with Crippen molar-refractivity contribution >= 4 is 22.0 Å². The molecule has 1 aliphatic heterocycles. The molecule has 0 radical (unpaired) electrons. The van der Waals surface area contributed by atoms with Gasteiger partial charge in [-0.15, -0.1) is 0 Å². The lowest BCUT2D eigenvalue weighted by Gasteiger charge is -2.42. The van der Waals surface area contributed by atoms with Crippen molar-refractivity contribution in [2.24, 2.45) is 0 Å². The largest absolute Gasteiger partial charge is 0.444 e. The first-order valence-corrected chi connectivity index (χ1v) is 10.1. The van der Waals surface area contributed by atoms with Crippen LogP contribution in [-0.4, -0.2) is 46.1 Å². The number of benzene rings is 1. The zero-order chi connectivity index (χ0) is 20.3. The van der Waals surface area contributed by atoms with Crippen molar-refractivity contribution in [1.29, 1.82) is 0 Å². The van der Waals surface area contributed by atoms with E-state index in [1.165, 1.54) is 12.1 Å². The summed E-state index contributed by atoms with van der Waals surface area (Å²) in [5, 5.41) is 0. The first kappa shape index (κ1) is 20.7. The van der Waals surface area contributed by atoms with Crippen molar-refractivity contribution in [1.82, 2.24) is 14.8 Å². The molecule has 0 aliphatic carbocycles. The highest BCUT2D eigenvalue weighted by Gasteiger charge is 2.33. The standard InChI is InChI=1S/C21H25BrFN3O2/c1-21(2,3)28-20(27)26-9-8-25(13-15-10-17(22)12-24-11-15)19(14-26)16-4-6-18(23)7-5-16/h4-7,10-12,19H,8-9,13-14H2,1-3H3/t19-/m1/s1. The van der Waals surface area contributed by atoms with E-state index in [-0.39, 0.29) is 18.0 Å². The number of ether oxygens (including phenoxy) is 1. The maximum Gasteiger partial charge on any atom is 0.410 e. The van der Waals surface area contributed by atoms with Gasteiger partial charge in [0, 0.05) is 43.0 Å². The first-order valence-electron chi connectivity index (χ1n) is 9.28. The van der Waals surface area contributed by atoms with Crippen molar-refractivity contribution in [2.75, 3.05) is 19.6 Å². The summed E-state index contributed by atoms with van der Waals surface area (Å²) in [6, 6.07) is 8.46. The highest BCUT2D eigenvalue weighted by molar-refractivity contribution is 9.10. The van der Waals surface area contributed by atoms with Gasteiger partial charge >= 0.3 is 6.09 Å². The van der Waals surface area contributed by atoms with Gasteiger partial charge in [-0.3, -0.25) is 9.88 Å². The molecule has 1 aromatic carbocycles. The average Bonchev–Trinajstić information content (AvgIpc) is 2.61. The fourth-order valence-corrected chi connectivity index (χ4v) is 3.69. The highest BCUT2D eigenvalue weighted by Crippen LogP contribution is 2.28. The molecule has 1 saturated heterocycles. The van der Waals surface area contributed by atoms with Gasteiger partial charge < -0.3 is 9.64 Å². The summed E-state index contributed by atoms with van der Waals surface area (Å²) >= 11 is 3.46. The third-order valence-electron chi connectivity index (χ3n) is 4.54. The fourth-order valence-electron chi connectivity index (χ4n) is 3.28. The van der Waals surface area contributed by atoms with Crippen LogP contribution in [0.2, 0.25) is 0 Å². The van der Waals surface area contributed by atoms with Crippen LogP contribution in [0.3, 0.4) is 0 Å². The molecular formula is C21H25BrFN3O2. The Morgan fingerprint density at radius 3 is 2.61 bits per heavy atom. The Bertz CT molecular complexity index is 823. The minimum Gasteiger partial charge on any atom is -0.444 e. The summed E-state index contributed by atoms with van der Waals surface area (Å²) < 4.78 is 19.9. The Balaban J connectivity index is 1.81. The lowest BCUT2D eigenvalue weighted by molar-refractivity contribution is 0.00201. The van der Waals surface area contributed by atoms with Crippen LogP contribution < -0.4 is 0 Å². The third-order valence-corrected chi connectivity index (χ3v) is 4.98. The predicted molar refractivity (Wildman–Crippen MR) is 109 cm³/mol. The molecule has 0 bridgehead atoms. The quantitative estimate of drug-likeness (QED) is 0.676. The van der Waals surface area contributed by atoms with E-state index in [0.29, 0.717) is 26.2 Å². The molecule has 0 spiro atoms. The molecule has 1 aliphatic rings. The second kappa shape index (κ2) is 8.57. The van der Waals surface area contributed by atoms with E-state index in [1.54, 1.807) is 23.2 Å².